The van der Waals surface area contributed by atoms with Crippen LogP contribution in [0.15, 0.2) is 6.20 Å². The Morgan fingerprint density at radius 3 is 2.71 bits per heavy atom. The van der Waals surface area contributed by atoms with E-state index >= 15 is 0 Å². The quantitative estimate of drug-likeness (QED) is 0.628. The van der Waals surface area contributed by atoms with Crippen LogP contribution in [0.3, 0.4) is 0 Å². The largest absolute Gasteiger partial charge is 0.444 e. The molecular weight excluding hydrogens is 467 g/mol. The molecule has 4 rings (SSSR count). The SMILES string of the molecule is C[C@H]1CN(c2nc(N3CCOC[C@@H](O)C3)c3cnc(Cl)c(F)c3n2)CCN1C(=O)OC(C)(C)C. The van der Waals surface area contributed by atoms with Crippen molar-refractivity contribution in [3.8, 4) is 0 Å². The molecule has 2 fully saturated rings. The third-order valence-corrected chi connectivity index (χ3v) is 5.96. The number of nitrogens with zero attached hydrogens (tertiary/aromatic N) is 6. The molecule has 0 radical (unpaired) electrons. The van der Waals surface area contributed by atoms with Gasteiger partial charge in [0.1, 0.15) is 16.9 Å². The summed E-state index contributed by atoms with van der Waals surface area (Å²) in [6.07, 6.45) is 0.363. The first-order valence-electron chi connectivity index (χ1n) is 11.3. The number of aromatic nitrogens is 3. The second kappa shape index (κ2) is 9.63. The van der Waals surface area contributed by atoms with E-state index in [0.29, 0.717) is 49.9 Å². The van der Waals surface area contributed by atoms with Crippen molar-refractivity contribution < 1.29 is 23.8 Å². The molecule has 2 atom stereocenters. The Morgan fingerprint density at radius 1 is 1.24 bits per heavy atom. The van der Waals surface area contributed by atoms with E-state index in [2.05, 4.69) is 9.97 Å². The van der Waals surface area contributed by atoms with Gasteiger partial charge in [-0.1, -0.05) is 11.6 Å². The number of aliphatic hydroxyl groups excluding tert-OH is 1. The zero-order valence-electron chi connectivity index (χ0n) is 19.8. The van der Waals surface area contributed by atoms with Crippen molar-refractivity contribution in [1.29, 1.82) is 0 Å². The first kappa shape index (κ1) is 24.6. The molecule has 2 aromatic heterocycles. The molecule has 34 heavy (non-hydrogen) atoms. The minimum Gasteiger partial charge on any atom is -0.444 e. The predicted octanol–water partition coefficient (Wildman–Crippen LogP) is 2.46. The Morgan fingerprint density at radius 2 is 2.00 bits per heavy atom. The molecule has 0 spiro atoms. The van der Waals surface area contributed by atoms with Gasteiger partial charge in [-0.05, 0) is 27.7 Å². The van der Waals surface area contributed by atoms with Crippen LogP contribution in [-0.4, -0.2) is 94.7 Å². The highest BCUT2D eigenvalue weighted by atomic mass is 35.5. The first-order chi connectivity index (χ1) is 16.0. The van der Waals surface area contributed by atoms with Crippen molar-refractivity contribution in [1.82, 2.24) is 19.9 Å². The number of hydrogen-bond donors (Lipinski definition) is 1. The number of carbonyl (C=O) groups excluding carboxylic acids is 1. The fourth-order valence-electron chi connectivity index (χ4n) is 4.11. The molecule has 186 valence electrons. The fraction of sp³-hybridized carbons (Fsp3) is 0.636. The molecule has 0 unspecified atom stereocenters. The third kappa shape index (κ3) is 5.26. The number of fused-ring (bicyclic) bond motifs is 1. The first-order valence-corrected chi connectivity index (χ1v) is 11.7. The summed E-state index contributed by atoms with van der Waals surface area (Å²) < 4.78 is 25.9. The number of ether oxygens (including phenoxy) is 2. The predicted molar refractivity (Wildman–Crippen MR) is 126 cm³/mol. The zero-order valence-corrected chi connectivity index (χ0v) is 20.5. The summed E-state index contributed by atoms with van der Waals surface area (Å²) in [7, 11) is 0. The summed E-state index contributed by atoms with van der Waals surface area (Å²) in [6, 6.07) is -0.175. The van der Waals surface area contributed by atoms with Crippen molar-refractivity contribution in [3.63, 3.8) is 0 Å². The van der Waals surface area contributed by atoms with Crippen molar-refractivity contribution in [2.45, 2.75) is 45.4 Å². The lowest BCUT2D eigenvalue weighted by Crippen LogP contribution is -2.55. The van der Waals surface area contributed by atoms with Crippen LogP contribution in [0.4, 0.5) is 21.0 Å². The van der Waals surface area contributed by atoms with E-state index in [9.17, 15) is 14.3 Å². The van der Waals surface area contributed by atoms with Gasteiger partial charge >= 0.3 is 6.09 Å². The maximum Gasteiger partial charge on any atom is 0.410 e. The smallest absolute Gasteiger partial charge is 0.410 e. The molecule has 0 aliphatic carbocycles. The summed E-state index contributed by atoms with van der Waals surface area (Å²) in [5.41, 5.74) is -0.529. The third-order valence-electron chi connectivity index (χ3n) is 5.69. The van der Waals surface area contributed by atoms with Gasteiger partial charge in [0.05, 0.1) is 24.7 Å². The molecule has 1 amide bonds. The Kier molecular flexibility index (Phi) is 6.97. The summed E-state index contributed by atoms with van der Waals surface area (Å²) in [6.45, 7) is 10.1. The molecule has 2 aliphatic heterocycles. The molecule has 10 nitrogen and oxygen atoms in total. The number of β-amino-alcohol motifs (C(OH)–C–C–N with tert-alkyl or cyclic N) is 1. The maximum absolute atomic E-state index is 15.0. The topological polar surface area (TPSA) is 104 Å². The van der Waals surface area contributed by atoms with Gasteiger partial charge in [0, 0.05) is 45.0 Å². The monoisotopic (exact) mass is 496 g/mol. The van der Waals surface area contributed by atoms with E-state index in [1.807, 2.05) is 37.5 Å². The lowest BCUT2D eigenvalue weighted by atomic mass is 10.2. The molecule has 12 heteroatoms. The van der Waals surface area contributed by atoms with E-state index in [0.717, 1.165) is 0 Å². The Labute approximate surface area is 202 Å². The molecular formula is C22H30ClFN6O4. The van der Waals surface area contributed by atoms with Gasteiger partial charge in [-0.25, -0.2) is 19.2 Å². The van der Waals surface area contributed by atoms with Crippen molar-refractivity contribution >= 4 is 40.4 Å². The van der Waals surface area contributed by atoms with E-state index in [1.54, 1.807) is 4.90 Å². The van der Waals surface area contributed by atoms with E-state index in [-0.39, 0.29) is 36.0 Å². The summed E-state index contributed by atoms with van der Waals surface area (Å²) >= 11 is 5.95. The minimum absolute atomic E-state index is 0.0573. The molecule has 0 aromatic carbocycles. The highest BCUT2D eigenvalue weighted by Crippen LogP contribution is 2.31. The van der Waals surface area contributed by atoms with Crippen LogP contribution in [0.2, 0.25) is 5.15 Å². The zero-order chi connectivity index (χ0) is 24.6. The molecule has 2 aliphatic rings. The molecule has 1 N–H and O–H groups in total. The summed E-state index contributed by atoms with van der Waals surface area (Å²) in [5.74, 6) is 0.0463. The van der Waals surface area contributed by atoms with Gasteiger partial charge in [0.15, 0.2) is 11.0 Å². The maximum atomic E-state index is 15.0. The summed E-state index contributed by atoms with van der Waals surface area (Å²) in [5, 5.41) is 10.4. The van der Waals surface area contributed by atoms with Gasteiger partial charge in [-0.15, -0.1) is 0 Å². The highest BCUT2D eigenvalue weighted by molar-refractivity contribution is 6.30. The van der Waals surface area contributed by atoms with E-state index in [4.69, 9.17) is 26.1 Å². The fourth-order valence-corrected chi connectivity index (χ4v) is 4.24. The average molecular weight is 497 g/mol. The minimum atomic E-state index is -0.726. The van der Waals surface area contributed by atoms with Gasteiger partial charge in [-0.3, -0.25) is 0 Å². The lowest BCUT2D eigenvalue weighted by Gasteiger charge is -2.40. The van der Waals surface area contributed by atoms with Crippen LogP contribution in [0.25, 0.3) is 10.9 Å². The molecule has 2 saturated heterocycles. The van der Waals surface area contributed by atoms with Gasteiger partial charge < -0.3 is 29.3 Å². The number of hydrogen-bond acceptors (Lipinski definition) is 9. The van der Waals surface area contributed by atoms with Crippen LogP contribution in [0, 0.1) is 5.82 Å². The average Bonchev–Trinajstić information content (AvgIpc) is 2.98. The standard InChI is InChI=1S/C22H30ClFN6O4/c1-13-10-29(5-6-30(13)21(32)34-22(2,3)4)20-26-17-15(9-25-18(23)16(17)24)19(27-20)28-7-8-33-12-14(31)11-28/h9,13-14,31H,5-8,10-12H2,1-4H3/t13-,14-/m0/s1. The van der Waals surface area contributed by atoms with Crippen molar-refractivity contribution in [2.75, 3.05) is 55.7 Å². The second-order valence-corrected chi connectivity index (χ2v) is 9.97. The number of rotatable bonds is 2. The summed E-state index contributed by atoms with van der Waals surface area (Å²) in [4.78, 5) is 31.2. The molecule has 0 saturated carbocycles. The number of carbonyl (C=O) groups is 1. The van der Waals surface area contributed by atoms with Crippen LogP contribution in [0.5, 0.6) is 0 Å². The lowest BCUT2D eigenvalue weighted by molar-refractivity contribution is 0.0158. The highest BCUT2D eigenvalue weighted by Gasteiger charge is 2.33. The molecule has 0 bridgehead atoms. The Bertz CT molecular complexity index is 1070. The van der Waals surface area contributed by atoms with Crippen LogP contribution in [0.1, 0.15) is 27.7 Å². The van der Waals surface area contributed by atoms with Crippen LogP contribution >= 0.6 is 11.6 Å². The second-order valence-electron chi connectivity index (χ2n) is 9.62. The number of amides is 1. The number of aliphatic hydroxyl groups is 1. The Hall–Kier alpha value is -2.50. The number of anilines is 2. The van der Waals surface area contributed by atoms with Gasteiger partial charge in [0.2, 0.25) is 5.95 Å². The number of halogens is 2. The van der Waals surface area contributed by atoms with Crippen molar-refractivity contribution in [3.05, 3.63) is 17.2 Å². The Balaban J connectivity index is 1.67. The number of pyridine rings is 1. The van der Waals surface area contributed by atoms with E-state index < -0.39 is 17.5 Å². The normalized spacial score (nSPS) is 22.1. The van der Waals surface area contributed by atoms with Crippen LogP contribution < -0.4 is 9.80 Å². The van der Waals surface area contributed by atoms with Gasteiger partial charge in [-0.2, -0.15) is 4.98 Å². The number of piperazine rings is 1. The van der Waals surface area contributed by atoms with Gasteiger partial charge in [0.25, 0.3) is 0 Å². The molecule has 4 heterocycles. The van der Waals surface area contributed by atoms with Crippen LogP contribution in [-0.2, 0) is 9.47 Å². The van der Waals surface area contributed by atoms with E-state index in [1.165, 1.54) is 6.20 Å². The molecule has 2 aromatic rings. The van der Waals surface area contributed by atoms with Crippen molar-refractivity contribution in [2.24, 2.45) is 0 Å².